The first-order valence-electron chi connectivity index (χ1n) is 11.0. The van der Waals surface area contributed by atoms with Crippen LogP contribution in [0.1, 0.15) is 24.4 Å². The molecule has 5 rings (SSSR count). The van der Waals surface area contributed by atoms with Crippen LogP contribution in [0.3, 0.4) is 0 Å². The minimum Gasteiger partial charge on any atom is -0.473 e. The lowest BCUT2D eigenvalue weighted by atomic mass is 9.81. The molecule has 2 saturated heterocycles. The Morgan fingerprint density at radius 2 is 2.12 bits per heavy atom. The molecule has 4 N–H and O–H groups in total. The summed E-state index contributed by atoms with van der Waals surface area (Å²) in [6.45, 7) is 1.23. The second-order valence-electron chi connectivity index (χ2n) is 8.49. The van der Waals surface area contributed by atoms with Crippen LogP contribution < -0.4 is 10.6 Å². The van der Waals surface area contributed by atoms with E-state index in [1.807, 2.05) is 59.3 Å². The molecule has 3 aliphatic heterocycles. The Bertz CT molecular complexity index is 1000. The molecular weight excluding hydrogens is 480 g/mol. The summed E-state index contributed by atoms with van der Waals surface area (Å²) in [5.41, 5.74) is 1.07. The van der Waals surface area contributed by atoms with Gasteiger partial charge in [0.1, 0.15) is 17.2 Å². The van der Waals surface area contributed by atoms with Gasteiger partial charge in [0.05, 0.1) is 30.3 Å². The Morgan fingerprint density at radius 1 is 1.24 bits per heavy atom. The molecule has 0 bridgehead atoms. The lowest BCUT2D eigenvalue weighted by Crippen LogP contribution is -2.62. The maximum atomic E-state index is 11.3. The standard InChI is InChI=1S/C24H27ClN2O4S2/c25-17-4-1-2-5-20(17)33-24(9-3-6-21(27-24)31-16-7-10-30-13-16)22-19(28)12-18(26-23(22)29)15-8-11-32-14-15/h1-6,8-9,11,14,16,18-19,22-23,26-29H,7,10,12-13H2. The second-order valence-corrected chi connectivity index (χ2v) is 11.0. The average Bonchev–Trinajstić information content (AvgIpc) is 3.50. The maximum absolute atomic E-state index is 11.3. The first kappa shape index (κ1) is 23.2. The van der Waals surface area contributed by atoms with Gasteiger partial charge in [0.25, 0.3) is 0 Å². The number of thioether (sulfide) groups is 1. The molecule has 0 saturated carbocycles. The van der Waals surface area contributed by atoms with Crippen molar-refractivity contribution in [2.75, 3.05) is 13.2 Å². The van der Waals surface area contributed by atoms with E-state index >= 15 is 0 Å². The number of halogens is 1. The van der Waals surface area contributed by atoms with E-state index in [4.69, 9.17) is 21.1 Å². The zero-order chi connectivity index (χ0) is 22.8. The molecule has 0 spiro atoms. The molecule has 2 aromatic rings. The number of nitrogens with one attached hydrogen (secondary N) is 2. The van der Waals surface area contributed by atoms with Gasteiger partial charge in [-0.1, -0.05) is 41.6 Å². The van der Waals surface area contributed by atoms with Gasteiger partial charge in [0.2, 0.25) is 0 Å². The summed E-state index contributed by atoms with van der Waals surface area (Å²) < 4.78 is 11.6. The van der Waals surface area contributed by atoms with Crippen molar-refractivity contribution in [2.24, 2.45) is 5.92 Å². The van der Waals surface area contributed by atoms with Gasteiger partial charge in [0, 0.05) is 17.4 Å². The van der Waals surface area contributed by atoms with E-state index < -0.39 is 23.1 Å². The molecule has 33 heavy (non-hydrogen) atoms. The van der Waals surface area contributed by atoms with E-state index in [1.165, 1.54) is 11.8 Å². The van der Waals surface area contributed by atoms with Crippen molar-refractivity contribution in [3.8, 4) is 0 Å². The van der Waals surface area contributed by atoms with Gasteiger partial charge in [0.15, 0.2) is 5.88 Å². The van der Waals surface area contributed by atoms with Gasteiger partial charge in [-0.25, -0.2) is 0 Å². The van der Waals surface area contributed by atoms with Crippen LogP contribution in [0.5, 0.6) is 0 Å². The van der Waals surface area contributed by atoms with E-state index in [-0.39, 0.29) is 12.1 Å². The number of benzene rings is 1. The Morgan fingerprint density at radius 3 is 2.85 bits per heavy atom. The van der Waals surface area contributed by atoms with Gasteiger partial charge in [-0.3, -0.25) is 5.32 Å². The minimum absolute atomic E-state index is 0.0273. The molecular formula is C24H27ClN2O4S2. The Hall–Kier alpha value is -1.52. The van der Waals surface area contributed by atoms with Crippen LogP contribution in [0.15, 0.2) is 70.1 Å². The van der Waals surface area contributed by atoms with Crippen molar-refractivity contribution in [1.82, 2.24) is 10.6 Å². The zero-order valence-electron chi connectivity index (χ0n) is 17.9. The van der Waals surface area contributed by atoms with E-state index in [1.54, 1.807) is 11.3 Å². The molecule has 1 aromatic carbocycles. The monoisotopic (exact) mass is 506 g/mol. The molecule has 176 valence electrons. The van der Waals surface area contributed by atoms with E-state index in [2.05, 4.69) is 10.6 Å². The van der Waals surface area contributed by atoms with Gasteiger partial charge >= 0.3 is 0 Å². The van der Waals surface area contributed by atoms with E-state index in [9.17, 15) is 10.2 Å². The fraction of sp³-hybridized carbons (Fsp3) is 0.417. The summed E-state index contributed by atoms with van der Waals surface area (Å²) in [6.07, 6.45) is 5.31. The third kappa shape index (κ3) is 4.98. The number of allylic oxidation sites excluding steroid dienone is 2. The summed E-state index contributed by atoms with van der Waals surface area (Å²) in [5.74, 6) is 0.0175. The number of dihydropyridines is 1. The number of piperidine rings is 1. The summed E-state index contributed by atoms with van der Waals surface area (Å²) in [7, 11) is 0. The third-order valence-electron chi connectivity index (χ3n) is 6.25. The third-order valence-corrected chi connectivity index (χ3v) is 8.82. The number of aliphatic hydroxyl groups excluding tert-OH is 2. The predicted molar refractivity (Wildman–Crippen MR) is 131 cm³/mol. The highest BCUT2D eigenvalue weighted by molar-refractivity contribution is 8.01. The molecule has 0 radical (unpaired) electrons. The van der Waals surface area contributed by atoms with Crippen LogP contribution in [-0.2, 0) is 9.47 Å². The number of ether oxygens (including phenoxy) is 2. The predicted octanol–water partition coefficient (Wildman–Crippen LogP) is 4.03. The summed E-state index contributed by atoms with van der Waals surface area (Å²) >= 11 is 9.58. The Kier molecular flexibility index (Phi) is 7.04. The molecule has 6 atom stereocenters. The van der Waals surface area contributed by atoms with Gasteiger partial charge < -0.3 is 25.0 Å². The molecule has 3 aliphatic rings. The van der Waals surface area contributed by atoms with Crippen molar-refractivity contribution in [1.29, 1.82) is 0 Å². The first-order valence-corrected chi connectivity index (χ1v) is 13.2. The number of thiophene rings is 1. The molecule has 6 unspecified atom stereocenters. The zero-order valence-corrected chi connectivity index (χ0v) is 20.3. The van der Waals surface area contributed by atoms with Crippen LogP contribution in [0.4, 0.5) is 0 Å². The second kappa shape index (κ2) is 10.00. The van der Waals surface area contributed by atoms with Crippen molar-refractivity contribution >= 4 is 34.7 Å². The SMILES string of the molecule is OC1CC(c2ccsc2)NC(O)C1C1(Sc2ccccc2Cl)C=CC=C(OC2CCOC2)N1. The van der Waals surface area contributed by atoms with Crippen molar-refractivity contribution in [3.63, 3.8) is 0 Å². The van der Waals surface area contributed by atoms with Crippen molar-refractivity contribution in [3.05, 3.63) is 75.8 Å². The van der Waals surface area contributed by atoms with Crippen LogP contribution in [0.2, 0.25) is 5.02 Å². The fourth-order valence-corrected chi connectivity index (χ4v) is 7.00. The van der Waals surface area contributed by atoms with Gasteiger partial charge in [-0.05, 0) is 53.1 Å². The van der Waals surface area contributed by atoms with Crippen LogP contribution >= 0.6 is 34.7 Å². The number of hydrogen-bond donors (Lipinski definition) is 4. The van der Waals surface area contributed by atoms with Crippen LogP contribution in [-0.4, -0.2) is 46.7 Å². The molecule has 1 aromatic heterocycles. The average molecular weight is 507 g/mol. The Balaban J connectivity index is 1.44. The van der Waals surface area contributed by atoms with Crippen LogP contribution in [0, 0.1) is 5.92 Å². The van der Waals surface area contributed by atoms with Gasteiger partial charge in [-0.2, -0.15) is 11.3 Å². The maximum Gasteiger partial charge on any atom is 0.188 e. The lowest BCUT2D eigenvalue weighted by Gasteiger charge is -2.49. The normalized spacial score (nSPS) is 34.0. The Labute approximate surface area is 206 Å². The summed E-state index contributed by atoms with van der Waals surface area (Å²) in [5, 5.41) is 34.1. The minimum atomic E-state index is -0.958. The first-order chi connectivity index (χ1) is 16.0. The summed E-state index contributed by atoms with van der Waals surface area (Å²) in [6, 6.07) is 9.50. The quantitative estimate of drug-likeness (QED) is 0.471. The molecule has 6 nitrogen and oxygen atoms in total. The molecule has 4 heterocycles. The highest BCUT2D eigenvalue weighted by atomic mass is 35.5. The largest absolute Gasteiger partial charge is 0.473 e. The van der Waals surface area contributed by atoms with Gasteiger partial charge in [-0.15, -0.1) is 0 Å². The number of hydrogen-bond acceptors (Lipinski definition) is 8. The van der Waals surface area contributed by atoms with Crippen LogP contribution in [0.25, 0.3) is 0 Å². The highest BCUT2D eigenvalue weighted by Crippen LogP contribution is 2.47. The molecule has 0 aliphatic carbocycles. The smallest absolute Gasteiger partial charge is 0.188 e. The molecule has 0 amide bonds. The number of rotatable bonds is 6. The summed E-state index contributed by atoms with van der Waals surface area (Å²) in [4.78, 5) is -0.0406. The van der Waals surface area contributed by atoms with Crippen molar-refractivity contribution in [2.45, 2.75) is 47.1 Å². The topological polar surface area (TPSA) is 83.0 Å². The van der Waals surface area contributed by atoms with Crippen molar-refractivity contribution < 1.29 is 19.7 Å². The van der Waals surface area contributed by atoms with E-state index in [0.29, 0.717) is 30.5 Å². The molecule has 9 heteroatoms. The lowest BCUT2D eigenvalue weighted by molar-refractivity contribution is -0.0682. The highest BCUT2D eigenvalue weighted by Gasteiger charge is 2.51. The molecule has 2 fully saturated rings. The van der Waals surface area contributed by atoms with E-state index in [0.717, 1.165) is 16.9 Å². The fourth-order valence-electron chi connectivity index (χ4n) is 4.64. The number of aliphatic hydroxyl groups is 2.